The summed E-state index contributed by atoms with van der Waals surface area (Å²) in [4.78, 5) is 50.3. The predicted molar refractivity (Wildman–Crippen MR) is 151 cm³/mol. The van der Waals surface area contributed by atoms with E-state index in [1.165, 1.54) is 20.4 Å². The SMILES string of the molecule is COC(=O)[C@]1(COCc2ccccc2)O[C@@H](n2c(NC(C)=O)nc3nc[nH]c3c2=O)[C@H](O)[C@@H]1O[Si](C)(C)C(C)(C)C. The maximum Gasteiger partial charge on any atom is 0.343 e. The smallest absolute Gasteiger partial charge is 0.343 e. The minimum Gasteiger partial charge on any atom is -0.467 e. The average molecular weight is 588 g/mol. The van der Waals surface area contributed by atoms with E-state index in [2.05, 4.69) is 20.3 Å². The number of amides is 1. The molecule has 0 aliphatic carbocycles. The lowest BCUT2D eigenvalue weighted by atomic mass is 9.96. The summed E-state index contributed by atoms with van der Waals surface area (Å²) in [5.41, 5.74) is -1.73. The Morgan fingerprint density at radius 2 is 1.93 bits per heavy atom. The summed E-state index contributed by atoms with van der Waals surface area (Å²) in [5.74, 6) is -1.59. The molecule has 1 fully saturated rings. The van der Waals surface area contributed by atoms with E-state index in [9.17, 15) is 19.5 Å². The first-order valence-corrected chi connectivity index (χ1v) is 16.1. The van der Waals surface area contributed by atoms with Gasteiger partial charge in [0.25, 0.3) is 5.56 Å². The van der Waals surface area contributed by atoms with Crippen molar-refractivity contribution in [3.05, 3.63) is 52.6 Å². The fourth-order valence-electron chi connectivity index (χ4n) is 4.43. The number of carbonyl (C=O) groups is 2. The molecule has 0 radical (unpaired) electrons. The molecule has 3 heterocycles. The minimum atomic E-state index is -2.67. The number of aliphatic hydroxyl groups is 1. The van der Waals surface area contributed by atoms with E-state index in [1.807, 2.05) is 64.2 Å². The zero-order chi connectivity index (χ0) is 30.2. The molecule has 1 aliphatic rings. The second kappa shape index (κ2) is 11.4. The summed E-state index contributed by atoms with van der Waals surface area (Å²) < 4.78 is 25.1. The van der Waals surface area contributed by atoms with Crippen LogP contribution in [0.5, 0.6) is 0 Å². The van der Waals surface area contributed by atoms with Gasteiger partial charge in [-0.1, -0.05) is 51.1 Å². The van der Waals surface area contributed by atoms with Gasteiger partial charge in [-0.05, 0) is 23.7 Å². The van der Waals surface area contributed by atoms with E-state index >= 15 is 0 Å². The molecule has 4 atom stereocenters. The van der Waals surface area contributed by atoms with Crippen molar-refractivity contribution in [3.8, 4) is 0 Å². The van der Waals surface area contributed by atoms with Crippen LogP contribution in [-0.4, -0.2) is 76.3 Å². The van der Waals surface area contributed by atoms with Crippen LogP contribution in [0.2, 0.25) is 18.1 Å². The number of carbonyl (C=O) groups excluding carboxylic acids is 2. The number of imidazole rings is 1. The van der Waals surface area contributed by atoms with Crippen molar-refractivity contribution in [2.24, 2.45) is 0 Å². The van der Waals surface area contributed by atoms with Gasteiger partial charge in [-0.25, -0.2) is 14.3 Å². The number of hydrogen-bond donors (Lipinski definition) is 3. The van der Waals surface area contributed by atoms with Crippen LogP contribution in [0, 0.1) is 0 Å². The molecule has 2 aromatic heterocycles. The molecular formula is C27H37N5O8Si. The first kappa shape index (κ1) is 30.5. The van der Waals surface area contributed by atoms with Crippen molar-refractivity contribution >= 4 is 37.3 Å². The Labute approximate surface area is 238 Å². The van der Waals surface area contributed by atoms with Crippen molar-refractivity contribution in [3.63, 3.8) is 0 Å². The molecule has 4 rings (SSSR count). The Morgan fingerprint density at radius 3 is 2.54 bits per heavy atom. The second-order valence-electron chi connectivity index (χ2n) is 11.6. The number of ether oxygens (including phenoxy) is 3. The number of aliphatic hydroxyl groups excluding tert-OH is 1. The molecule has 13 nitrogen and oxygen atoms in total. The van der Waals surface area contributed by atoms with E-state index in [0.717, 1.165) is 10.1 Å². The van der Waals surface area contributed by atoms with Crippen molar-refractivity contribution in [1.29, 1.82) is 0 Å². The van der Waals surface area contributed by atoms with Crippen LogP contribution in [0.25, 0.3) is 11.2 Å². The van der Waals surface area contributed by atoms with Gasteiger partial charge in [0, 0.05) is 6.92 Å². The van der Waals surface area contributed by atoms with Crippen LogP contribution in [0.3, 0.4) is 0 Å². The van der Waals surface area contributed by atoms with E-state index in [-0.39, 0.29) is 35.4 Å². The molecule has 14 heteroatoms. The van der Waals surface area contributed by atoms with Crippen LogP contribution in [0.15, 0.2) is 41.5 Å². The van der Waals surface area contributed by atoms with E-state index < -0.39 is 49.8 Å². The molecule has 1 amide bonds. The van der Waals surface area contributed by atoms with Crippen molar-refractivity contribution in [2.45, 2.75) is 76.5 Å². The van der Waals surface area contributed by atoms with Crippen molar-refractivity contribution in [1.82, 2.24) is 19.5 Å². The molecule has 0 spiro atoms. The van der Waals surface area contributed by atoms with Gasteiger partial charge in [-0.3, -0.25) is 14.9 Å². The van der Waals surface area contributed by atoms with Gasteiger partial charge in [0.1, 0.15) is 12.2 Å². The molecule has 1 aliphatic heterocycles. The van der Waals surface area contributed by atoms with Crippen molar-refractivity contribution in [2.75, 3.05) is 19.0 Å². The number of anilines is 1. The number of hydrogen-bond acceptors (Lipinski definition) is 10. The predicted octanol–water partition coefficient (Wildman–Crippen LogP) is 2.49. The third-order valence-electron chi connectivity index (χ3n) is 7.61. The fourth-order valence-corrected chi connectivity index (χ4v) is 5.75. The van der Waals surface area contributed by atoms with Crippen LogP contribution < -0.4 is 10.9 Å². The topological polar surface area (TPSA) is 167 Å². The lowest BCUT2D eigenvalue weighted by Gasteiger charge is -2.42. The standard InChI is InChI=1S/C27H37N5O8Si/c1-16(33)30-25-31-21-18(28-15-29-21)22(35)32(25)23-19(34)20(40-41(6,7)26(2,3)4)27(39-23,24(36)37-5)14-38-13-17-11-9-8-10-12-17/h8-12,15,19-20,23,34H,13-14H2,1-7H3,(H,28,29)(H,30,31,33)/t19-,20+,23-,27-/m1/s1. The number of nitrogens with zero attached hydrogens (tertiary/aromatic N) is 3. The number of benzene rings is 1. The molecule has 0 bridgehead atoms. The van der Waals surface area contributed by atoms with Gasteiger partial charge in [-0.2, -0.15) is 4.98 Å². The summed E-state index contributed by atoms with van der Waals surface area (Å²) in [6.45, 7) is 11.0. The number of rotatable bonds is 9. The highest BCUT2D eigenvalue weighted by Gasteiger charge is 2.64. The highest BCUT2D eigenvalue weighted by atomic mass is 28.4. The molecule has 3 N–H and O–H groups in total. The quantitative estimate of drug-likeness (QED) is 0.250. The molecule has 41 heavy (non-hydrogen) atoms. The first-order chi connectivity index (χ1) is 19.2. The van der Waals surface area contributed by atoms with Gasteiger partial charge in [0.2, 0.25) is 17.5 Å². The zero-order valence-corrected chi connectivity index (χ0v) is 25.3. The number of aromatic amines is 1. The van der Waals surface area contributed by atoms with E-state index in [0.29, 0.717) is 0 Å². The van der Waals surface area contributed by atoms with E-state index in [4.69, 9.17) is 18.6 Å². The second-order valence-corrected chi connectivity index (χ2v) is 16.3. The zero-order valence-electron chi connectivity index (χ0n) is 24.3. The third kappa shape index (κ3) is 5.83. The van der Waals surface area contributed by atoms with Crippen LogP contribution in [0.1, 0.15) is 39.5 Å². The number of H-pyrrole nitrogens is 1. The molecule has 222 valence electrons. The maximum atomic E-state index is 13.7. The van der Waals surface area contributed by atoms with Gasteiger partial charge >= 0.3 is 5.97 Å². The number of aromatic nitrogens is 4. The molecular weight excluding hydrogens is 550 g/mol. The Kier molecular flexibility index (Phi) is 8.52. The van der Waals surface area contributed by atoms with Gasteiger partial charge in [0.15, 0.2) is 25.7 Å². The number of fused-ring (bicyclic) bond motifs is 1. The highest BCUT2D eigenvalue weighted by Crippen LogP contribution is 2.46. The monoisotopic (exact) mass is 587 g/mol. The molecule has 3 aromatic rings. The van der Waals surface area contributed by atoms with Crippen LogP contribution in [-0.2, 0) is 34.8 Å². The highest BCUT2D eigenvalue weighted by molar-refractivity contribution is 6.74. The largest absolute Gasteiger partial charge is 0.467 e. The molecule has 0 unspecified atom stereocenters. The lowest BCUT2D eigenvalue weighted by molar-refractivity contribution is -0.191. The number of methoxy groups -OCH3 is 1. The molecule has 0 saturated carbocycles. The van der Waals surface area contributed by atoms with E-state index in [1.54, 1.807) is 0 Å². The molecule has 1 aromatic carbocycles. The van der Waals surface area contributed by atoms with Crippen molar-refractivity contribution < 1.29 is 33.3 Å². The van der Waals surface area contributed by atoms with Gasteiger partial charge in [-0.15, -0.1) is 0 Å². The Balaban J connectivity index is 1.85. The van der Waals surface area contributed by atoms with Gasteiger partial charge < -0.3 is 28.7 Å². The van der Waals surface area contributed by atoms with Crippen LogP contribution in [0.4, 0.5) is 5.95 Å². The fraction of sp³-hybridized carbons (Fsp3) is 0.519. The normalized spacial score (nSPS) is 23.1. The number of esters is 1. The Bertz CT molecular complexity index is 1470. The minimum absolute atomic E-state index is 0.0210. The summed E-state index contributed by atoms with van der Waals surface area (Å²) in [6.07, 6.45) is -3.10. The summed E-state index contributed by atoms with van der Waals surface area (Å²) >= 11 is 0. The molecule has 1 saturated heterocycles. The summed E-state index contributed by atoms with van der Waals surface area (Å²) in [5, 5.41) is 14.0. The summed E-state index contributed by atoms with van der Waals surface area (Å²) in [6, 6.07) is 9.33. The first-order valence-electron chi connectivity index (χ1n) is 13.2. The summed E-state index contributed by atoms with van der Waals surface area (Å²) in [7, 11) is -1.48. The Morgan fingerprint density at radius 1 is 1.24 bits per heavy atom. The van der Waals surface area contributed by atoms with Gasteiger partial charge in [0.05, 0.1) is 26.7 Å². The maximum absolute atomic E-state index is 13.7. The third-order valence-corrected chi connectivity index (χ3v) is 12.1. The van der Waals surface area contributed by atoms with Crippen LogP contribution >= 0.6 is 0 Å². The number of nitrogens with one attached hydrogen (secondary N) is 2. The average Bonchev–Trinajstić information content (AvgIpc) is 3.47. The lowest BCUT2D eigenvalue weighted by Crippen LogP contribution is -2.59. The Hall–Kier alpha value is -3.43.